The number of aldehydes is 1. The lowest BCUT2D eigenvalue weighted by atomic mass is 9.86. The topological polar surface area (TPSA) is 152 Å². The minimum Gasteiger partial charge on any atom is -0.349 e. The van der Waals surface area contributed by atoms with Crippen LogP contribution < -0.4 is 26.6 Å². The number of rotatable bonds is 16. The molecule has 316 valence electrons. The van der Waals surface area contributed by atoms with Crippen molar-refractivity contribution < 1.29 is 24.0 Å². The lowest BCUT2D eigenvalue weighted by Crippen LogP contribution is -2.56. The standard InChI is InChI=1S/C18H38N4O2S.C13H23N3O3.C4H10.C3H8.C2H6/c1-13(2)22(25)10-9-19-11-14(17(3,4)5)20-16(24)21-15(12-23)18(6,7)8;1-4-7-14-13(19)11(17)9(2)15-12(18)10-6-5-8-16(10)3;1-3-4-2;1-3-2;1-2/h12-15,19,25H,9-11H2,1-8H3,(H2,20,21,24);9-10H,4-8H2,1-3H3,(H,14,19)(H,15,18);3-4H2,1-2H3;3H2,1-2H3;1-2H3. The number of hydrogen-bond donors (Lipinski definition) is 6. The second kappa shape index (κ2) is 33.1. The highest BCUT2D eigenvalue weighted by atomic mass is 32.1. The quantitative estimate of drug-likeness (QED) is 0.0457. The summed E-state index contributed by atoms with van der Waals surface area (Å²) in [4.78, 5) is 60.7. The summed E-state index contributed by atoms with van der Waals surface area (Å²) in [7, 11) is 1.89. The molecule has 4 atom stereocenters. The van der Waals surface area contributed by atoms with E-state index in [4.69, 9.17) is 0 Å². The third kappa shape index (κ3) is 29.8. The van der Waals surface area contributed by atoms with Crippen LogP contribution in [0.2, 0.25) is 0 Å². The average Bonchev–Trinajstić information content (AvgIpc) is 3.53. The lowest BCUT2D eigenvalue weighted by Gasteiger charge is -2.33. The average molecular weight is 776 g/mol. The number of carbonyl (C=O) groups excluding carboxylic acids is 5. The Kier molecular flexibility index (Phi) is 36.0. The van der Waals surface area contributed by atoms with E-state index in [0.29, 0.717) is 19.1 Å². The normalized spacial score (nSPS) is 15.7. The van der Waals surface area contributed by atoms with Gasteiger partial charge in [0.15, 0.2) is 0 Å². The molecule has 0 saturated carbocycles. The molecule has 0 radical (unpaired) electrons. The number of likely N-dealkylation sites (tertiary alicyclic amines) is 1. The van der Waals surface area contributed by atoms with Crippen LogP contribution in [0.25, 0.3) is 0 Å². The van der Waals surface area contributed by atoms with Gasteiger partial charge in [-0.25, -0.2) is 9.10 Å². The van der Waals surface area contributed by atoms with Crippen molar-refractivity contribution in [1.29, 1.82) is 0 Å². The number of carbonyl (C=O) groups is 5. The molecule has 1 aliphatic rings. The molecule has 12 nitrogen and oxygen atoms in total. The van der Waals surface area contributed by atoms with Crippen molar-refractivity contribution in [2.75, 3.05) is 39.8 Å². The predicted octanol–water partition coefficient (Wildman–Crippen LogP) is 6.39. The minimum absolute atomic E-state index is 0.0628. The van der Waals surface area contributed by atoms with Gasteiger partial charge in [-0.05, 0) is 64.5 Å². The first-order chi connectivity index (χ1) is 24.6. The van der Waals surface area contributed by atoms with Crippen molar-refractivity contribution in [3.63, 3.8) is 0 Å². The summed E-state index contributed by atoms with van der Waals surface area (Å²) in [6.07, 6.45) is 7.23. The molecule has 0 bridgehead atoms. The molecule has 0 aromatic rings. The fourth-order valence-corrected chi connectivity index (χ4v) is 4.31. The highest BCUT2D eigenvalue weighted by molar-refractivity contribution is 7.77. The summed E-state index contributed by atoms with van der Waals surface area (Å²) in [5.74, 6) is -1.40. The summed E-state index contributed by atoms with van der Waals surface area (Å²) in [6, 6.07) is -1.48. The van der Waals surface area contributed by atoms with Gasteiger partial charge in [0.05, 0.1) is 18.1 Å². The van der Waals surface area contributed by atoms with Crippen molar-refractivity contribution >= 4 is 42.7 Å². The fourth-order valence-electron chi connectivity index (χ4n) is 4.21. The highest BCUT2D eigenvalue weighted by Gasteiger charge is 2.31. The van der Waals surface area contributed by atoms with Crippen molar-refractivity contribution in [1.82, 2.24) is 35.8 Å². The van der Waals surface area contributed by atoms with E-state index < -0.39 is 23.8 Å². The Hall–Kier alpha value is -2.22. The molecule has 1 heterocycles. The Bertz CT molecular complexity index is 968. The maximum atomic E-state index is 12.3. The largest absolute Gasteiger partial charge is 0.349 e. The number of likely N-dealkylation sites (N-methyl/N-ethyl adjacent to an activating group) is 1. The first kappa shape index (κ1) is 57.5. The summed E-state index contributed by atoms with van der Waals surface area (Å²) >= 11 is 4.42. The molecule has 4 unspecified atom stereocenters. The van der Waals surface area contributed by atoms with Gasteiger partial charge in [-0.1, -0.05) is 122 Å². The molecular formula is C40H85N7O5S. The number of amides is 4. The van der Waals surface area contributed by atoms with Crippen LogP contribution in [0, 0.1) is 10.8 Å². The Morgan fingerprint density at radius 2 is 1.38 bits per heavy atom. The molecule has 0 aromatic heterocycles. The monoisotopic (exact) mass is 776 g/mol. The Morgan fingerprint density at radius 3 is 1.75 bits per heavy atom. The lowest BCUT2D eigenvalue weighted by molar-refractivity contribution is -0.140. The molecule has 1 rings (SSSR count). The van der Waals surface area contributed by atoms with Crippen LogP contribution >= 0.6 is 12.8 Å². The Morgan fingerprint density at radius 1 is 0.849 bits per heavy atom. The van der Waals surface area contributed by atoms with Gasteiger partial charge in [0.25, 0.3) is 5.91 Å². The van der Waals surface area contributed by atoms with Gasteiger partial charge in [0.2, 0.25) is 11.7 Å². The molecule has 1 aliphatic heterocycles. The van der Waals surface area contributed by atoms with Crippen LogP contribution in [0.1, 0.15) is 149 Å². The van der Waals surface area contributed by atoms with E-state index in [9.17, 15) is 24.0 Å². The summed E-state index contributed by atoms with van der Waals surface area (Å²) in [5, 5.41) is 14.3. The van der Waals surface area contributed by atoms with Gasteiger partial charge in [-0.2, -0.15) is 0 Å². The first-order valence-corrected chi connectivity index (χ1v) is 20.5. The van der Waals surface area contributed by atoms with Gasteiger partial charge in [0.1, 0.15) is 6.29 Å². The summed E-state index contributed by atoms with van der Waals surface area (Å²) < 4.78 is 1.97. The van der Waals surface area contributed by atoms with E-state index in [0.717, 1.165) is 45.2 Å². The van der Waals surface area contributed by atoms with Crippen LogP contribution in [0.3, 0.4) is 0 Å². The number of Topliss-reactive ketones (excluding diaryl/α,β-unsaturated/α-hetero) is 1. The number of hydrogen-bond acceptors (Lipinski definition) is 9. The van der Waals surface area contributed by atoms with Crippen molar-refractivity contribution in [2.24, 2.45) is 10.8 Å². The molecule has 0 spiro atoms. The molecule has 4 amide bonds. The van der Waals surface area contributed by atoms with Crippen molar-refractivity contribution in [2.45, 2.75) is 180 Å². The number of urea groups is 1. The van der Waals surface area contributed by atoms with Crippen LogP contribution in [0.15, 0.2) is 0 Å². The molecule has 53 heavy (non-hydrogen) atoms. The van der Waals surface area contributed by atoms with E-state index in [-0.39, 0.29) is 34.9 Å². The third-order valence-electron chi connectivity index (χ3n) is 8.00. The third-order valence-corrected chi connectivity index (χ3v) is 8.67. The Balaban J connectivity index is -0.000000377. The minimum atomic E-state index is -0.779. The van der Waals surface area contributed by atoms with Gasteiger partial charge in [-0.15, -0.1) is 0 Å². The number of nitrogens with one attached hydrogen (secondary N) is 5. The molecule has 0 aromatic carbocycles. The number of nitrogens with zero attached hydrogens (tertiary/aromatic N) is 2. The zero-order chi connectivity index (χ0) is 42.4. The van der Waals surface area contributed by atoms with E-state index >= 15 is 0 Å². The first-order valence-electron chi connectivity index (χ1n) is 20.1. The van der Waals surface area contributed by atoms with E-state index in [2.05, 4.69) is 102 Å². The molecule has 0 aliphatic carbocycles. The van der Waals surface area contributed by atoms with Gasteiger partial charge < -0.3 is 31.4 Å². The van der Waals surface area contributed by atoms with Crippen LogP contribution in [0.4, 0.5) is 4.79 Å². The summed E-state index contributed by atoms with van der Waals surface area (Å²) in [6.45, 7) is 35.9. The van der Waals surface area contributed by atoms with Crippen molar-refractivity contribution in [3.05, 3.63) is 0 Å². The fraction of sp³-hybridized carbons (Fsp3) is 0.875. The van der Waals surface area contributed by atoms with Gasteiger partial charge >= 0.3 is 6.03 Å². The smallest absolute Gasteiger partial charge is 0.315 e. The van der Waals surface area contributed by atoms with Crippen LogP contribution in [0.5, 0.6) is 0 Å². The Labute approximate surface area is 331 Å². The van der Waals surface area contributed by atoms with Crippen molar-refractivity contribution in [3.8, 4) is 0 Å². The van der Waals surface area contributed by atoms with Crippen LogP contribution in [-0.2, 0) is 19.2 Å². The second-order valence-electron chi connectivity index (χ2n) is 15.7. The molecule has 13 heteroatoms. The number of unbranched alkanes of at least 4 members (excludes halogenated alkanes) is 1. The highest BCUT2D eigenvalue weighted by Crippen LogP contribution is 2.20. The zero-order valence-electron chi connectivity index (χ0n) is 37.1. The van der Waals surface area contributed by atoms with Crippen LogP contribution in [-0.4, -0.2) is 109 Å². The number of thiol groups is 1. The maximum absolute atomic E-state index is 12.3. The second-order valence-corrected chi connectivity index (χ2v) is 16.2. The molecule has 1 fully saturated rings. The van der Waals surface area contributed by atoms with E-state index in [1.807, 2.05) is 57.8 Å². The predicted molar refractivity (Wildman–Crippen MR) is 227 cm³/mol. The number of ketones is 1. The van der Waals surface area contributed by atoms with Gasteiger partial charge in [-0.3, -0.25) is 19.3 Å². The van der Waals surface area contributed by atoms with E-state index in [1.165, 1.54) is 19.3 Å². The maximum Gasteiger partial charge on any atom is 0.315 e. The summed E-state index contributed by atoms with van der Waals surface area (Å²) in [5.41, 5.74) is -0.428. The van der Waals surface area contributed by atoms with E-state index in [1.54, 1.807) is 6.92 Å². The van der Waals surface area contributed by atoms with Gasteiger partial charge in [0, 0.05) is 38.3 Å². The molecular weight excluding hydrogens is 691 g/mol. The molecule has 1 saturated heterocycles. The molecule has 5 N–H and O–H groups in total. The SMILES string of the molecule is CC.CC(C)N(S)CCNCC(NC(=O)NC(C=O)C(C)(C)C)C(C)(C)C.CCC.CCCC.CCCNC(=O)C(=O)C(C)NC(=O)C1CCCN1C. The zero-order valence-corrected chi connectivity index (χ0v) is 38.0.